The Labute approximate surface area is 82.3 Å². The topological polar surface area (TPSA) is 58.5 Å². The molecule has 1 aliphatic rings. The van der Waals surface area contributed by atoms with Crippen molar-refractivity contribution >= 4 is 5.82 Å². The summed E-state index contributed by atoms with van der Waals surface area (Å²) in [7, 11) is 0. The predicted octanol–water partition coefficient (Wildman–Crippen LogP) is 0.206. The van der Waals surface area contributed by atoms with Crippen molar-refractivity contribution in [2.45, 2.75) is 20.0 Å². The highest BCUT2D eigenvalue weighted by Crippen LogP contribution is 2.17. The number of nitrogens with zero attached hydrogens (tertiary/aromatic N) is 3. The monoisotopic (exact) mass is 195 g/mol. The summed E-state index contributed by atoms with van der Waals surface area (Å²) in [5, 5.41) is 10.9. The molecule has 76 valence electrons. The molecule has 0 saturated carbocycles. The Hall–Kier alpha value is -1.20. The van der Waals surface area contributed by atoms with E-state index in [4.69, 9.17) is 4.84 Å². The third-order valence-corrected chi connectivity index (χ3v) is 2.01. The average molecular weight is 195 g/mol. The molecule has 1 unspecified atom stereocenters. The SMILES string of the molecule is Cc1cc(N2CC(O)CO2)nc(C)n1. The molecule has 0 aliphatic carbocycles. The van der Waals surface area contributed by atoms with Gasteiger partial charge in [-0.3, -0.25) is 4.84 Å². The maximum absolute atomic E-state index is 9.29. The number of aromatic nitrogens is 2. The standard InChI is InChI=1S/C9H13N3O2/c1-6-3-9(11-7(2)10-6)12-4-8(13)5-14-12/h3,8,13H,4-5H2,1-2H3. The molecule has 2 heterocycles. The van der Waals surface area contributed by atoms with Gasteiger partial charge in [0.05, 0.1) is 12.6 Å². The second-order valence-corrected chi connectivity index (χ2v) is 3.43. The minimum atomic E-state index is -0.425. The summed E-state index contributed by atoms with van der Waals surface area (Å²) in [6, 6.07) is 1.84. The van der Waals surface area contributed by atoms with Gasteiger partial charge in [-0.05, 0) is 13.8 Å². The van der Waals surface area contributed by atoms with Gasteiger partial charge in [-0.25, -0.2) is 15.0 Å². The number of aliphatic hydroxyl groups is 1. The summed E-state index contributed by atoms with van der Waals surface area (Å²) in [6.45, 7) is 4.55. The van der Waals surface area contributed by atoms with Crippen LogP contribution in [-0.4, -0.2) is 34.3 Å². The second kappa shape index (κ2) is 3.51. The molecule has 1 fully saturated rings. The Morgan fingerprint density at radius 2 is 2.29 bits per heavy atom. The number of rotatable bonds is 1. The van der Waals surface area contributed by atoms with Crippen molar-refractivity contribution in [2.24, 2.45) is 0 Å². The smallest absolute Gasteiger partial charge is 0.156 e. The molecule has 1 atom stereocenters. The molecule has 0 spiro atoms. The van der Waals surface area contributed by atoms with Gasteiger partial charge in [0.15, 0.2) is 5.82 Å². The summed E-state index contributed by atoms with van der Waals surface area (Å²) in [4.78, 5) is 13.7. The van der Waals surface area contributed by atoms with Gasteiger partial charge in [-0.1, -0.05) is 0 Å². The molecule has 1 aliphatic heterocycles. The zero-order valence-corrected chi connectivity index (χ0v) is 8.27. The van der Waals surface area contributed by atoms with Crippen molar-refractivity contribution in [1.29, 1.82) is 0 Å². The van der Waals surface area contributed by atoms with Crippen LogP contribution < -0.4 is 5.06 Å². The Balaban J connectivity index is 2.23. The molecule has 0 amide bonds. The number of hydrogen-bond donors (Lipinski definition) is 1. The van der Waals surface area contributed by atoms with E-state index < -0.39 is 6.10 Å². The van der Waals surface area contributed by atoms with Crippen molar-refractivity contribution in [3.05, 3.63) is 17.6 Å². The Morgan fingerprint density at radius 3 is 2.86 bits per heavy atom. The molecule has 1 aromatic heterocycles. The molecule has 2 rings (SSSR count). The molecule has 0 aromatic carbocycles. The van der Waals surface area contributed by atoms with E-state index in [-0.39, 0.29) is 0 Å². The van der Waals surface area contributed by atoms with Gasteiger partial charge in [0, 0.05) is 11.8 Å². The Morgan fingerprint density at radius 1 is 1.50 bits per heavy atom. The van der Waals surface area contributed by atoms with Crippen molar-refractivity contribution in [1.82, 2.24) is 9.97 Å². The maximum Gasteiger partial charge on any atom is 0.156 e. The van der Waals surface area contributed by atoms with Crippen molar-refractivity contribution in [3.63, 3.8) is 0 Å². The van der Waals surface area contributed by atoms with E-state index in [9.17, 15) is 5.11 Å². The van der Waals surface area contributed by atoms with Gasteiger partial charge in [0.25, 0.3) is 0 Å². The van der Waals surface area contributed by atoms with Gasteiger partial charge >= 0.3 is 0 Å². The minimum Gasteiger partial charge on any atom is -0.389 e. The first-order valence-corrected chi connectivity index (χ1v) is 4.56. The molecule has 5 heteroatoms. The van der Waals surface area contributed by atoms with E-state index in [2.05, 4.69) is 9.97 Å². The van der Waals surface area contributed by atoms with Gasteiger partial charge in [0.2, 0.25) is 0 Å². The zero-order chi connectivity index (χ0) is 10.1. The number of aliphatic hydroxyl groups excluding tert-OH is 1. The fourth-order valence-electron chi connectivity index (χ4n) is 1.46. The lowest BCUT2D eigenvalue weighted by Crippen LogP contribution is -2.21. The van der Waals surface area contributed by atoms with Crippen LogP contribution in [0.5, 0.6) is 0 Å². The first-order chi connectivity index (χ1) is 6.65. The summed E-state index contributed by atoms with van der Waals surface area (Å²) >= 11 is 0. The lowest BCUT2D eigenvalue weighted by Gasteiger charge is -2.15. The fourth-order valence-corrected chi connectivity index (χ4v) is 1.46. The number of β-amino-alcohol motifs (C(OH)–C–C–N with tert-alkyl or cyclic N) is 1. The van der Waals surface area contributed by atoms with Gasteiger partial charge < -0.3 is 5.11 Å². The Bertz CT molecular complexity index is 323. The third-order valence-electron chi connectivity index (χ3n) is 2.01. The quantitative estimate of drug-likeness (QED) is 0.694. The van der Waals surface area contributed by atoms with E-state index >= 15 is 0 Å². The predicted molar refractivity (Wildman–Crippen MR) is 50.8 cm³/mol. The third kappa shape index (κ3) is 1.83. The Kier molecular flexibility index (Phi) is 2.35. The number of hydroxylamine groups is 1. The van der Waals surface area contributed by atoms with Crippen molar-refractivity contribution in [2.75, 3.05) is 18.2 Å². The van der Waals surface area contributed by atoms with Crippen LogP contribution in [0.1, 0.15) is 11.5 Å². The van der Waals surface area contributed by atoms with Crippen molar-refractivity contribution in [3.8, 4) is 0 Å². The van der Waals surface area contributed by atoms with E-state index in [0.29, 0.717) is 24.8 Å². The molecule has 1 N–H and O–H groups in total. The van der Waals surface area contributed by atoms with Crippen LogP contribution in [0.3, 0.4) is 0 Å². The summed E-state index contributed by atoms with van der Waals surface area (Å²) in [5.74, 6) is 1.43. The molecular formula is C9H13N3O2. The molecule has 0 bridgehead atoms. The normalized spacial score (nSPS) is 21.6. The first kappa shape index (κ1) is 9.36. The molecule has 1 aromatic rings. The summed E-state index contributed by atoms with van der Waals surface area (Å²) in [6.07, 6.45) is -0.425. The van der Waals surface area contributed by atoms with Crippen LogP contribution in [0.2, 0.25) is 0 Å². The average Bonchev–Trinajstić information content (AvgIpc) is 2.50. The van der Waals surface area contributed by atoms with Crippen LogP contribution in [-0.2, 0) is 4.84 Å². The van der Waals surface area contributed by atoms with Crippen LogP contribution in [0.25, 0.3) is 0 Å². The largest absolute Gasteiger partial charge is 0.389 e. The highest BCUT2D eigenvalue weighted by atomic mass is 16.7. The summed E-state index contributed by atoms with van der Waals surface area (Å²) in [5.41, 5.74) is 0.900. The van der Waals surface area contributed by atoms with E-state index in [1.165, 1.54) is 0 Å². The number of aryl methyl sites for hydroxylation is 2. The zero-order valence-electron chi connectivity index (χ0n) is 8.27. The fraction of sp³-hybridized carbons (Fsp3) is 0.556. The van der Waals surface area contributed by atoms with Gasteiger partial charge in [0.1, 0.15) is 12.4 Å². The molecule has 1 saturated heterocycles. The van der Waals surface area contributed by atoms with Gasteiger partial charge in [-0.15, -0.1) is 0 Å². The molecule has 0 radical (unpaired) electrons. The van der Waals surface area contributed by atoms with Crippen LogP contribution in [0, 0.1) is 13.8 Å². The first-order valence-electron chi connectivity index (χ1n) is 4.56. The van der Waals surface area contributed by atoms with Gasteiger partial charge in [-0.2, -0.15) is 0 Å². The molecule has 14 heavy (non-hydrogen) atoms. The molecular weight excluding hydrogens is 182 g/mol. The summed E-state index contributed by atoms with van der Waals surface area (Å²) < 4.78 is 0. The lowest BCUT2D eigenvalue weighted by atomic mass is 10.3. The second-order valence-electron chi connectivity index (χ2n) is 3.43. The van der Waals surface area contributed by atoms with Crippen LogP contribution in [0.4, 0.5) is 5.82 Å². The van der Waals surface area contributed by atoms with E-state index in [1.54, 1.807) is 5.06 Å². The maximum atomic E-state index is 9.29. The minimum absolute atomic E-state index is 0.335. The van der Waals surface area contributed by atoms with Crippen molar-refractivity contribution < 1.29 is 9.94 Å². The van der Waals surface area contributed by atoms with E-state index in [0.717, 1.165) is 5.69 Å². The number of hydrogen-bond acceptors (Lipinski definition) is 5. The number of anilines is 1. The van der Waals surface area contributed by atoms with E-state index in [1.807, 2.05) is 19.9 Å². The van der Waals surface area contributed by atoms with Crippen LogP contribution in [0.15, 0.2) is 6.07 Å². The molecule has 5 nitrogen and oxygen atoms in total. The highest BCUT2D eigenvalue weighted by Gasteiger charge is 2.23. The lowest BCUT2D eigenvalue weighted by molar-refractivity contribution is 0.115. The van der Waals surface area contributed by atoms with Crippen LogP contribution >= 0.6 is 0 Å². The highest BCUT2D eigenvalue weighted by molar-refractivity contribution is 5.37.